The zero-order chi connectivity index (χ0) is 17.1. The molecule has 0 fully saturated rings. The average molecular weight is 406 g/mol. The minimum Gasteiger partial charge on any atom is -0.496 e. The topological polar surface area (TPSA) is 54.5 Å². The minimum absolute atomic E-state index is 0.212. The highest BCUT2D eigenvalue weighted by Crippen LogP contribution is 2.26. The Morgan fingerprint density at radius 1 is 1.33 bits per heavy atom. The highest BCUT2D eigenvalue weighted by Gasteiger charge is 2.14. The summed E-state index contributed by atoms with van der Waals surface area (Å²) in [5, 5.41) is 3.44. The number of rotatable bonds is 4. The fourth-order valence-corrected chi connectivity index (χ4v) is 3.57. The first-order valence-corrected chi connectivity index (χ1v) is 8.88. The number of thiazole rings is 1. The molecule has 0 aliphatic carbocycles. The van der Waals surface area contributed by atoms with Crippen molar-refractivity contribution in [1.29, 1.82) is 0 Å². The summed E-state index contributed by atoms with van der Waals surface area (Å²) in [7, 11) is 3.36. The van der Waals surface area contributed by atoms with E-state index in [0.717, 1.165) is 26.0 Å². The zero-order valence-corrected chi connectivity index (χ0v) is 15.6. The van der Waals surface area contributed by atoms with E-state index in [4.69, 9.17) is 4.74 Å². The molecule has 3 rings (SSSR count). The molecule has 2 amide bonds. The summed E-state index contributed by atoms with van der Waals surface area (Å²) in [5.41, 5.74) is 1.81. The number of nitrogens with zero attached hydrogens (tertiary/aromatic N) is 2. The number of carbonyl (C=O) groups is 1. The van der Waals surface area contributed by atoms with Crippen LogP contribution in [0.3, 0.4) is 0 Å². The van der Waals surface area contributed by atoms with Gasteiger partial charge < -0.3 is 9.64 Å². The number of aromatic nitrogens is 1. The van der Waals surface area contributed by atoms with E-state index in [9.17, 15) is 4.79 Å². The van der Waals surface area contributed by atoms with Gasteiger partial charge in [-0.15, -0.1) is 0 Å². The molecule has 7 heteroatoms. The Labute approximate surface area is 152 Å². The SMILES string of the molecule is COc1ccc(Br)cc1CN(C)C(=O)Nc1nc2ccccc2s1. The number of halogens is 1. The third kappa shape index (κ3) is 3.68. The lowest BCUT2D eigenvalue weighted by Gasteiger charge is -2.19. The van der Waals surface area contributed by atoms with E-state index in [2.05, 4.69) is 26.2 Å². The zero-order valence-electron chi connectivity index (χ0n) is 13.2. The van der Waals surface area contributed by atoms with Crippen molar-refractivity contribution in [2.45, 2.75) is 6.54 Å². The molecule has 0 spiro atoms. The first-order valence-electron chi connectivity index (χ1n) is 7.27. The van der Waals surface area contributed by atoms with Crippen LogP contribution in [0.1, 0.15) is 5.56 Å². The van der Waals surface area contributed by atoms with E-state index in [-0.39, 0.29) is 6.03 Å². The van der Waals surface area contributed by atoms with Crippen LogP contribution >= 0.6 is 27.3 Å². The maximum absolute atomic E-state index is 12.4. The van der Waals surface area contributed by atoms with Gasteiger partial charge in [0.2, 0.25) is 0 Å². The molecule has 5 nitrogen and oxygen atoms in total. The Morgan fingerprint density at radius 3 is 2.88 bits per heavy atom. The monoisotopic (exact) mass is 405 g/mol. The van der Waals surface area contributed by atoms with Crippen LogP contribution < -0.4 is 10.1 Å². The lowest BCUT2D eigenvalue weighted by molar-refractivity contribution is 0.220. The van der Waals surface area contributed by atoms with Gasteiger partial charge in [-0.1, -0.05) is 39.4 Å². The summed E-state index contributed by atoms with van der Waals surface area (Å²) in [4.78, 5) is 18.4. The molecule has 0 radical (unpaired) electrons. The third-order valence-corrected chi connectivity index (χ3v) is 4.95. The predicted octanol–water partition coefficient (Wildman–Crippen LogP) is 4.73. The number of urea groups is 1. The molecule has 1 N–H and O–H groups in total. The van der Waals surface area contributed by atoms with Crippen molar-refractivity contribution in [2.24, 2.45) is 0 Å². The Bertz CT molecular complexity index is 848. The van der Waals surface area contributed by atoms with Crippen LogP contribution in [0, 0.1) is 0 Å². The van der Waals surface area contributed by atoms with Gasteiger partial charge in [-0.2, -0.15) is 0 Å². The van der Waals surface area contributed by atoms with Crippen LogP contribution in [0.4, 0.5) is 9.93 Å². The molecule has 2 aromatic carbocycles. The maximum atomic E-state index is 12.4. The van der Waals surface area contributed by atoms with Crippen LogP contribution in [0.5, 0.6) is 5.75 Å². The molecule has 0 aliphatic rings. The van der Waals surface area contributed by atoms with E-state index in [1.54, 1.807) is 19.1 Å². The second kappa shape index (κ2) is 7.19. The predicted molar refractivity (Wildman–Crippen MR) is 101 cm³/mol. The first kappa shape index (κ1) is 16.7. The van der Waals surface area contributed by atoms with E-state index in [1.165, 1.54) is 11.3 Å². The highest BCUT2D eigenvalue weighted by molar-refractivity contribution is 9.10. The molecule has 1 heterocycles. The summed E-state index contributed by atoms with van der Waals surface area (Å²) >= 11 is 4.90. The third-order valence-electron chi connectivity index (χ3n) is 3.50. The van der Waals surface area contributed by atoms with Crippen LogP contribution in [0.2, 0.25) is 0 Å². The summed E-state index contributed by atoms with van der Waals surface area (Å²) < 4.78 is 7.34. The Kier molecular flexibility index (Phi) is 5.01. The van der Waals surface area contributed by atoms with Crippen LogP contribution in [0.25, 0.3) is 10.2 Å². The fourth-order valence-electron chi connectivity index (χ4n) is 2.31. The Balaban J connectivity index is 1.71. The molecule has 0 aliphatic heterocycles. The number of methoxy groups -OCH3 is 1. The molecule has 1 aromatic heterocycles. The first-order chi connectivity index (χ1) is 11.6. The van der Waals surface area contributed by atoms with E-state index >= 15 is 0 Å². The summed E-state index contributed by atoms with van der Waals surface area (Å²) in [6.07, 6.45) is 0. The van der Waals surface area contributed by atoms with Crippen LogP contribution in [-0.4, -0.2) is 30.1 Å². The smallest absolute Gasteiger partial charge is 0.323 e. The number of nitrogens with one attached hydrogen (secondary N) is 1. The fraction of sp³-hybridized carbons (Fsp3) is 0.176. The van der Waals surface area contributed by atoms with Crippen molar-refractivity contribution in [2.75, 3.05) is 19.5 Å². The largest absolute Gasteiger partial charge is 0.496 e. The van der Waals surface area contributed by atoms with Crippen molar-refractivity contribution in [3.05, 3.63) is 52.5 Å². The summed E-state index contributed by atoms with van der Waals surface area (Å²) in [5.74, 6) is 0.748. The highest BCUT2D eigenvalue weighted by atomic mass is 79.9. The number of hydrogen-bond donors (Lipinski definition) is 1. The molecule has 0 bridgehead atoms. The standard InChI is InChI=1S/C17H16BrN3O2S/c1-21(10-11-9-12(18)7-8-14(11)23-2)17(22)20-16-19-13-5-3-4-6-15(13)24-16/h3-9H,10H2,1-2H3,(H,19,20,22). The van der Waals surface area contributed by atoms with E-state index < -0.39 is 0 Å². The molecule has 0 atom stereocenters. The van der Waals surface area contributed by atoms with Crippen molar-refractivity contribution in [1.82, 2.24) is 9.88 Å². The molecule has 0 saturated carbocycles. The molecule has 24 heavy (non-hydrogen) atoms. The molecular formula is C17H16BrN3O2S. The lowest BCUT2D eigenvalue weighted by Crippen LogP contribution is -2.30. The van der Waals surface area contributed by atoms with E-state index in [1.807, 2.05) is 42.5 Å². The van der Waals surface area contributed by atoms with Gasteiger partial charge in [-0.3, -0.25) is 5.32 Å². The van der Waals surface area contributed by atoms with Gasteiger partial charge in [0.25, 0.3) is 0 Å². The number of anilines is 1. The van der Waals surface area contributed by atoms with Crippen LogP contribution in [-0.2, 0) is 6.54 Å². The van der Waals surface area contributed by atoms with Crippen molar-refractivity contribution >= 4 is 48.6 Å². The molecule has 3 aromatic rings. The molecular weight excluding hydrogens is 390 g/mol. The van der Waals surface area contributed by atoms with Crippen molar-refractivity contribution in [3.63, 3.8) is 0 Å². The van der Waals surface area contributed by atoms with Gasteiger partial charge in [0.15, 0.2) is 5.13 Å². The summed E-state index contributed by atoms with van der Waals surface area (Å²) in [6, 6.07) is 13.3. The number of ether oxygens (including phenoxy) is 1. The maximum Gasteiger partial charge on any atom is 0.323 e. The summed E-state index contributed by atoms with van der Waals surface area (Å²) in [6.45, 7) is 0.430. The Hall–Kier alpha value is -2.12. The van der Waals surface area contributed by atoms with E-state index in [0.29, 0.717) is 11.7 Å². The quantitative estimate of drug-likeness (QED) is 0.682. The molecule has 124 valence electrons. The molecule has 0 saturated heterocycles. The number of carbonyl (C=O) groups excluding carboxylic acids is 1. The van der Waals surface area contributed by atoms with Gasteiger partial charge in [-0.25, -0.2) is 9.78 Å². The normalized spacial score (nSPS) is 10.6. The van der Waals surface area contributed by atoms with Crippen molar-refractivity contribution < 1.29 is 9.53 Å². The number of amides is 2. The number of benzene rings is 2. The second-order valence-electron chi connectivity index (χ2n) is 5.23. The minimum atomic E-state index is -0.212. The second-order valence-corrected chi connectivity index (χ2v) is 7.18. The van der Waals surface area contributed by atoms with Gasteiger partial charge in [0.05, 0.1) is 23.9 Å². The number of para-hydroxylation sites is 1. The Morgan fingerprint density at radius 2 is 2.12 bits per heavy atom. The number of hydrogen-bond acceptors (Lipinski definition) is 4. The average Bonchev–Trinajstić information content (AvgIpc) is 2.97. The van der Waals surface area contributed by atoms with Gasteiger partial charge >= 0.3 is 6.03 Å². The van der Waals surface area contributed by atoms with Gasteiger partial charge in [0, 0.05) is 17.1 Å². The van der Waals surface area contributed by atoms with Gasteiger partial charge in [-0.05, 0) is 30.3 Å². The van der Waals surface area contributed by atoms with Crippen molar-refractivity contribution in [3.8, 4) is 5.75 Å². The lowest BCUT2D eigenvalue weighted by atomic mass is 10.2. The van der Waals surface area contributed by atoms with Crippen LogP contribution in [0.15, 0.2) is 46.9 Å². The molecule has 0 unspecified atom stereocenters. The van der Waals surface area contributed by atoms with Gasteiger partial charge in [0.1, 0.15) is 5.75 Å². The number of fused-ring (bicyclic) bond motifs is 1.